The predicted octanol–water partition coefficient (Wildman–Crippen LogP) is 2.78. The first-order valence-electron chi connectivity index (χ1n) is 7.54. The molecule has 104 valence electrons. The molecule has 1 aliphatic carbocycles. The molecule has 0 amide bonds. The fraction of sp³-hybridized carbons (Fsp3) is 0.933. The average molecular weight is 251 g/mol. The number of hydrogen-bond donors (Lipinski definition) is 1. The second-order valence-corrected chi connectivity index (χ2v) is 5.68. The molecule has 0 saturated heterocycles. The molecule has 3 heteroatoms. The van der Waals surface area contributed by atoms with Crippen molar-refractivity contribution < 1.29 is 0 Å². The topological polar surface area (TPSA) is 39.1 Å². The molecule has 0 aromatic carbocycles. The van der Waals surface area contributed by atoms with Crippen molar-refractivity contribution in [1.29, 1.82) is 5.26 Å². The Hall–Kier alpha value is -0.590. The Labute approximate surface area is 113 Å². The van der Waals surface area contributed by atoms with Gasteiger partial charge in [0.05, 0.1) is 6.07 Å². The van der Waals surface area contributed by atoms with E-state index in [4.69, 9.17) is 0 Å². The first kappa shape index (κ1) is 15.5. The lowest BCUT2D eigenvalue weighted by Crippen LogP contribution is -2.46. The smallest absolute Gasteiger partial charge is 0.106 e. The lowest BCUT2D eigenvalue weighted by atomic mass is 9.91. The highest BCUT2D eigenvalue weighted by atomic mass is 15.1. The lowest BCUT2D eigenvalue weighted by molar-refractivity contribution is 0.276. The quantitative estimate of drug-likeness (QED) is 0.738. The highest BCUT2D eigenvalue weighted by Gasteiger charge is 2.31. The van der Waals surface area contributed by atoms with Gasteiger partial charge in [-0.25, -0.2) is 0 Å². The van der Waals surface area contributed by atoms with Crippen molar-refractivity contribution >= 4 is 0 Å². The van der Waals surface area contributed by atoms with Gasteiger partial charge in [-0.1, -0.05) is 33.6 Å². The molecule has 2 atom stereocenters. The Kier molecular flexibility index (Phi) is 6.67. The van der Waals surface area contributed by atoms with Crippen LogP contribution in [0.4, 0.5) is 0 Å². The van der Waals surface area contributed by atoms with Crippen LogP contribution in [-0.2, 0) is 0 Å². The van der Waals surface area contributed by atoms with Crippen LogP contribution in [-0.4, -0.2) is 36.6 Å². The summed E-state index contributed by atoms with van der Waals surface area (Å²) in [5.41, 5.74) is -0.252. The first-order chi connectivity index (χ1) is 8.65. The van der Waals surface area contributed by atoms with Crippen LogP contribution in [0.3, 0.4) is 0 Å². The molecule has 0 heterocycles. The van der Waals surface area contributed by atoms with Gasteiger partial charge in [0, 0.05) is 13.1 Å². The average Bonchev–Trinajstić information content (AvgIpc) is 2.58. The highest BCUT2D eigenvalue weighted by molar-refractivity contribution is 5.08. The third kappa shape index (κ3) is 4.59. The molecule has 2 unspecified atom stereocenters. The highest BCUT2D eigenvalue weighted by Crippen LogP contribution is 2.29. The molecule has 0 spiro atoms. The summed E-state index contributed by atoms with van der Waals surface area (Å²) in [5.74, 6) is 0.782. The molecule has 0 radical (unpaired) electrons. The predicted molar refractivity (Wildman–Crippen MR) is 76.4 cm³/mol. The van der Waals surface area contributed by atoms with Crippen LogP contribution in [0.25, 0.3) is 0 Å². The molecule has 1 rings (SSSR count). The van der Waals surface area contributed by atoms with Gasteiger partial charge in [0.2, 0.25) is 0 Å². The molecule has 1 aliphatic rings. The van der Waals surface area contributed by atoms with E-state index in [1.165, 1.54) is 19.3 Å². The third-order valence-electron chi connectivity index (χ3n) is 4.36. The second-order valence-electron chi connectivity index (χ2n) is 5.68. The van der Waals surface area contributed by atoms with Gasteiger partial charge in [0.15, 0.2) is 0 Å². The van der Waals surface area contributed by atoms with Gasteiger partial charge in [-0.3, -0.25) is 5.32 Å². The summed E-state index contributed by atoms with van der Waals surface area (Å²) in [4.78, 5) is 2.40. The zero-order chi connectivity index (χ0) is 13.4. The molecular weight excluding hydrogens is 222 g/mol. The van der Waals surface area contributed by atoms with Crippen molar-refractivity contribution in [2.45, 2.75) is 58.4 Å². The molecule has 3 nitrogen and oxygen atoms in total. The van der Waals surface area contributed by atoms with E-state index in [9.17, 15) is 5.26 Å². The van der Waals surface area contributed by atoms with Crippen molar-refractivity contribution in [3.05, 3.63) is 0 Å². The van der Waals surface area contributed by atoms with E-state index < -0.39 is 0 Å². The molecule has 1 saturated carbocycles. The summed E-state index contributed by atoms with van der Waals surface area (Å²) in [6.07, 6.45) is 5.69. The number of hydrogen-bond acceptors (Lipinski definition) is 3. The molecule has 1 N–H and O–H groups in total. The minimum absolute atomic E-state index is 0.252. The normalized spacial score (nSPS) is 28.9. The van der Waals surface area contributed by atoms with E-state index in [2.05, 4.69) is 37.1 Å². The Balaban J connectivity index is 2.43. The van der Waals surface area contributed by atoms with E-state index in [-0.39, 0.29) is 5.54 Å². The van der Waals surface area contributed by atoms with Crippen molar-refractivity contribution in [3.8, 4) is 6.07 Å². The number of nitrogens with one attached hydrogen (secondary N) is 1. The van der Waals surface area contributed by atoms with Gasteiger partial charge >= 0.3 is 0 Å². The van der Waals surface area contributed by atoms with Crippen molar-refractivity contribution in [2.24, 2.45) is 5.92 Å². The Morgan fingerprint density at radius 2 is 2.00 bits per heavy atom. The van der Waals surface area contributed by atoms with Gasteiger partial charge in [-0.15, -0.1) is 0 Å². The standard InChI is InChI=1S/C15H29N3/c1-4-18(5-2)12-11-17-15(13-16)9-6-7-14(3)8-10-15/h14,17H,4-12H2,1-3H3. The lowest BCUT2D eigenvalue weighted by Gasteiger charge is -2.28. The maximum absolute atomic E-state index is 9.51. The second kappa shape index (κ2) is 7.76. The van der Waals surface area contributed by atoms with Gasteiger partial charge < -0.3 is 4.90 Å². The monoisotopic (exact) mass is 251 g/mol. The number of likely N-dealkylation sites (N-methyl/N-ethyl adjacent to an activating group) is 1. The SMILES string of the molecule is CCN(CC)CCNC1(C#N)CCCC(C)CC1. The summed E-state index contributed by atoms with van der Waals surface area (Å²) >= 11 is 0. The van der Waals surface area contributed by atoms with Crippen LogP contribution in [0, 0.1) is 17.2 Å². The minimum Gasteiger partial charge on any atom is -0.303 e. The van der Waals surface area contributed by atoms with Crippen molar-refractivity contribution in [1.82, 2.24) is 10.2 Å². The number of rotatable bonds is 6. The van der Waals surface area contributed by atoms with E-state index in [1.807, 2.05) is 0 Å². The maximum atomic E-state index is 9.51. The van der Waals surface area contributed by atoms with Crippen molar-refractivity contribution in [3.63, 3.8) is 0 Å². The Morgan fingerprint density at radius 1 is 1.28 bits per heavy atom. The van der Waals surface area contributed by atoms with E-state index >= 15 is 0 Å². The molecule has 0 bridgehead atoms. The van der Waals surface area contributed by atoms with Gasteiger partial charge in [-0.2, -0.15) is 5.26 Å². The largest absolute Gasteiger partial charge is 0.303 e. The van der Waals surface area contributed by atoms with Crippen LogP contribution < -0.4 is 5.32 Å². The van der Waals surface area contributed by atoms with Gasteiger partial charge in [0.25, 0.3) is 0 Å². The maximum Gasteiger partial charge on any atom is 0.106 e. The van der Waals surface area contributed by atoms with Crippen LogP contribution in [0.5, 0.6) is 0 Å². The summed E-state index contributed by atoms with van der Waals surface area (Å²) in [6, 6.07) is 2.56. The summed E-state index contributed by atoms with van der Waals surface area (Å²) in [7, 11) is 0. The van der Waals surface area contributed by atoms with Crippen LogP contribution in [0.15, 0.2) is 0 Å². The molecule has 0 aliphatic heterocycles. The minimum atomic E-state index is -0.252. The Morgan fingerprint density at radius 3 is 2.61 bits per heavy atom. The zero-order valence-corrected chi connectivity index (χ0v) is 12.3. The van der Waals surface area contributed by atoms with Crippen LogP contribution >= 0.6 is 0 Å². The van der Waals surface area contributed by atoms with Gasteiger partial charge in [0.1, 0.15) is 5.54 Å². The van der Waals surface area contributed by atoms with E-state index in [0.717, 1.165) is 44.9 Å². The fourth-order valence-corrected chi connectivity index (χ4v) is 2.84. The fourth-order valence-electron chi connectivity index (χ4n) is 2.84. The molecule has 1 fully saturated rings. The zero-order valence-electron chi connectivity index (χ0n) is 12.3. The molecular formula is C15H29N3. The summed E-state index contributed by atoms with van der Waals surface area (Å²) < 4.78 is 0. The summed E-state index contributed by atoms with van der Waals surface area (Å²) in [5, 5.41) is 13.0. The van der Waals surface area contributed by atoms with Crippen molar-refractivity contribution in [2.75, 3.05) is 26.2 Å². The van der Waals surface area contributed by atoms with Crippen LogP contribution in [0.2, 0.25) is 0 Å². The number of nitrogens with zero attached hydrogens (tertiary/aromatic N) is 2. The molecule has 0 aromatic rings. The van der Waals surface area contributed by atoms with E-state index in [0.29, 0.717) is 0 Å². The molecule has 0 aromatic heterocycles. The number of nitriles is 1. The van der Waals surface area contributed by atoms with Gasteiger partial charge in [-0.05, 0) is 38.3 Å². The first-order valence-corrected chi connectivity index (χ1v) is 7.54. The third-order valence-corrected chi connectivity index (χ3v) is 4.36. The Bertz CT molecular complexity index is 267. The van der Waals surface area contributed by atoms with Crippen LogP contribution in [0.1, 0.15) is 52.9 Å². The summed E-state index contributed by atoms with van der Waals surface area (Å²) in [6.45, 7) is 10.9. The molecule has 18 heavy (non-hydrogen) atoms. The van der Waals surface area contributed by atoms with E-state index in [1.54, 1.807) is 0 Å².